The van der Waals surface area contributed by atoms with Gasteiger partial charge in [-0.05, 0) is 62.6 Å². The van der Waals surface area contributed by atoms with Gasteiger partial charge in [0, 0.05) is 30.5 Å². The van der Waals surface area contributed by atoms with E-state index in [0.717, 1.165) is 23.3 Å². The van der Waals surface area contributed by atoms with Crippen LogP contribution in [-0.2, 0) is 17.7 Å². The van der Waals surface area contributed by atoms with Crippen molar-refractivity contribution in [1.82, 2.24) is 4.90 Å². The number of nitrogens with zero attached hydrogens (tertiary/aromatic N) is 1. The highest BCUT2D eigenvalue weighted by atomic mass is 19.2. The third-order valence-corrected chi connectivity index (χ3v) is 4.31. The zero-order valence-corrected chi connectivity index (χ0v) is 16.5. The molecule has 29 heavy (non-hydrogen) atoms. The van der Waals surface area contributed by atoms with Gasteiger partial charge in [0.25, 0.3) is 0 Å². The summed E-state index contributed by atoms with van der Waals surface area (Å²) in [7, 11) is 0. The molecule has 2 N–H and O–H groups in total. The van der Waals surface area contributed by atoms with E-state index in [-0.39, 0.29) is 11.8 Å². The predicted molar refractivity (Wildman–Crippen MR) is 106 cm³/mol. The Morgan fingerprint density at radius 2 is 1.62 bits per heavy atom. The van der Waals surface area contributed by atoms with Gasteiger partial charge in [0.15, 0.2) is 11.6 Å². The SMILES string of the molecule is CC(C)(C)OC(=O)N1CCc2cc(NC(=O)Nc3ccc(F)c(F)c3)ccc2C1. The van der Waals surface area contributed by atoms with E-state index in [9.17, 15) is 18.4 Å². The highest BCUT2D eigenvalue weighted by Crippen LogP contribution is 2.24. The zero-order valence-electron chi connectivity index (χ0n) is 16.5. The van der Waals surface area contributed by atoms with Crippen molar-refractivity contribution in [3.05, 3.63) is 59.2 Å². The smallest absolute Gasteiger partial charge is 0.410 e. The van der Waals surface area contributed by atoms with Crippen LogP contribution in [-0.4, -0.2) is 29.2 Å². The molecule has 1 aliphatic heterocycles. The lowest BCUT2D eigenvalue weighted by atomic mass is 9.99. The van der Waals surface area contributed by atoms with Crippen LogP contribution >= 0.6 is 0 Å². The minimum atomic E-state index is -1.04. The number of carbonyl (C=O) groups excluding carboxylic acids is 2. The molecule has 0 atom stereocenters. The first-order valence-electron chi connectivity index (χ1n) is 9.23. The lowest BCUT2D eigenvalue weighted by Crippen LogP contribution is -2.39. The molecule has 1 heterocycles. The summed E-state index contributed by atoms with van der Waals surface area (Å²) >= 11 is 0. The molecular formula is C21H23F2N3O3. The van der Waals surface area contributed by atoms with Gasteiger partial charge < -0.3 is 20.3 Å². The largest absolute Gasteiger partial charge is 0.444 e. The van der Waals surface area contributed by atoms with Crippen LogP contribution in [0.2, 0.25) is 0 Å². The molecule has 1 aliphatic rings. The first kappa shape index (κ1) is 20.6. The Hall–Kier alpha value is -3.16. The van der Waals surface area contributed by atoms with E-state index in [1.54, 1.807) is 11.0 Å². The fourth-order valence-electron chi connectivity index (χ4n) is 2.98. The first-order chi connectivity index (χ1) is 13.6. The van der Waals surface area contributed by atoms with Gasteiger partial charge in [-0.25, -0.2) is 18.4 Å². The van der Waals surface area contributed by atoms with Crippen LogP contribution in [0.3, 0.4) is 0 Å². The van der Waals surface area contributed by atoms with Gasteiger partial charge in [0.2, 0.25) is 0 Å². The minimum absolute atomic E-state index is 0.146. The van der Waals surface area contributed by atoms with Crippen molar-refractivity contribution in [2.45, 2.75) is 39.3 Å². The summed E-state index contributed by atoms with van der Waals surface area (Å²) < 4.78 is 31.6. The van der Waals surface area contributed by atoms with E-state index < -0.39 is 23.3 Å². The van der Waals surface area contributed by atoms with E-state index in [0.29, 0.717) is 25.2 Å². The molecular weight excluding hydrogens is 380 g/mol. The summed E-state index contributed by atoms with van der Waals surface area (Å²) in [6.45, 7) is 6.43. The fraction of sp³-hybridized carbons (Fsp3) is 0.333. The third-order valence-electron chi connectivity index (χ3n) is 4.31. The van der Waals surface area contributed by atoms with Crippen LogP contribution in [0.4, 0.5) is 29.7 Å². The number of amides is 3. The zero-order chi connectivity index (χ0) is 21.2. The number of rotatable bonds is 2. The van der Waals surface area contributed by atoms with Gasteiger partial charge in [-0.2, -0.15) is 0 Å². The molecule has 2 aromatic rings. The van der Waals surface area contributed by atoms with Crippen molar-refractivity contribution in [2.75, 3.05) is 17.2 Å². The maximum atomic E-state index is 13.2. The molecule has 6 nitrogen and oxygen atoms in total. The molecule has 2 aromatic carbocycles. The van der Waals surface area contributed by atoms with E-state index in [2.05, 4.69) is 10.6 Å². The number of urea groups is 1. The monoisotopic (exact) mass is 403 g/mol. The average Bonchev–Trinajstić information content (AvgIpc) is 2.63. The molecule has 0 saturated heterocycles. The lowest BCUT2D eigenvalue weighted by molar-refractivity contribution is 0.0224. The summed E-state index contributed by atoms with van der Waals surface area (Å²) in [6.07, 6.45) is 0.283. The van der Waals surface area contributed by atoms with Gasteiger partial charge in [-0.1, -0.05) is 6.07 Å². The van der Waals surface area contributed by atoms with Crippen molar-refractivity contribution in [3.8, 4) is 0 Å². The van der Waals surface area contributed by atoms with E-state index in [4.69, 9.17) is 4.74 Å². The molecule has 3 amide bonds. The summed E-state index contributed by atoms with van der Waals surface area (Å²) in [5.74, 6) is -2.02. The van der Waals surface area contributed by atoms with Crippen molar-refractivity contribution >= 4 is 23.5 Å². The Morgan fingerprint density at radius 1 is 0.966 bits per heavy atom. The number of carbonyl (C=O) groups is 2. The third kappa shape index (κ3) is 5.43. The molecule has 0 saturated carbocycles. The lowest BCUT2D eigenvalue weighted by Gasteiger charge is -2.31. The van der Waals surface area contributed by atoms with Gasteiger partial charge in [0.1, 0.15) is 5.60 Å². The molecule has 0 radical (unpaired) electrons. The number of fused-ring (bicyclic) bond motifs is 1. The molecule has 0 aromatic heterocycles. The molecule has 0 aliphatic carbocycles. The number of hydrogen-bond acceptors (Lipinski definition) is 3. The van der Waals surface area contributed by atoms with Crippen molar-refractivity contribution < 1.29 is 23.1 Å². The number of benzene rings is 2. The van der Waals surface area contributed by atoms with Gasteiger partial charge >= 0.3 is 12.1 Å². The highest BCUT2D eigenvalue weighted by Gasteiger charge is 2.25. The van der Waals surface area contributed by atoms with Crippen molar-refractivity contribution in [1.29, 1.82) is 0 Å². The standard InChI is InChI=1S/C21H23F2N3O3/c1-21(2,3)29-20(28)26-9-8-13-10-15(5-4-14(13)12-26)24-19(27)25-16-6-7-17(22)18(23)11-16/h4-7,10-11H,8-9,12H2,1-3H3,(H2,24,25,27). The molecule has 8 heteroatoms. The summed E-state index contributed by atoms with van der Waals surface area (Å²) in [6, 6.07) is 7.97. The van der Waals surface area contributed by atoms with Crippen LogP contribution < -0.4 is 10.6 Å². The molecule has 3 rings (SSSR count). The summed E-state index contributed by atoms with van der Waals surface area (Å²) in [5.41, 5.74) is 2.16. The Morgan fingerprint density at radius 3 is 2.28 bits per heavy atom. The average molecular weight is 403 g/mol. The number of ether oxygens (including phenoxy) is 1. The normalized spacial score (nSPS) is 13.5. The number of halogens is 2. The van der Waals surface area contributed by atoms with E-state index >= 15 is 0 Å². The minimum Gasteiger partial charge on any atom is -0.444 e. The van der Waals surface area contributed by atoms with Gasteiger partial charge in [-0.3, -0.25) is 0 Å². The van der Waals surface area contributed by atoms with Crippen molar-refractivity contribution in [2.24, 2.45) is 0 Å². The molecule has 0 bridgehead atoms. The second-order valence-corrected chi connectivity index (χ2v) is 7.84. The second kappa shape index (κ2) is 8.06. The second-order valence-electron chi connectivity index (χ2n) is 7.84. The van der Waals surface area contributed by atoms with Crippen LogP contribution in [0.25, 0.3) is 0 Å². The van der Waals surface area contributed by atoms with Gasteiger partial charge in [0.05, 0.1) is 0 Å². The Bertz CT molecular complexity index is 941. The fourth-order valence-corrected chi connectivity index (χ4v) is 2.98. The summed E-state index contributed by atoms with van der Waals surface area (Å²) in [5, 5.41) is 5.12. The van der Waals surface area contributed by atoms with Crippen LogP contribution in [0.5, 0.6) is 0 Å². The Kier molecular flexibility index (Phi) is 5.72. The number of nitrogens with one attached hydrogen (secondary N) is 2. The number of anilines is 2. The first-order valence-corrected chi connectivity index (χ1v) is 9.23. The molecule has 154 valence electrons. The quantitative estimate of drug-likeness (QED) is 0.749. The summed E-state index contributed by atoms with van der Waals surface area (Å²) in [4.78, 5) is 26.0. The van der Waals surface area contributed by atoms with Crippen molar-refractivity contribution in [3.63, 3.8) is 0 Å². The maximum absolute atomic E-state index is 13.2. The number of hydrogen-bond donors (Lipinski definition) is 2. The maximum Gasteiger partial charge on any atom is 0.410 e. The van der Waals surface area contributed by atoms with Crippen LogP contribution in [0.15, 0.2) is 36.4 Å². The van der Waals surface area contributed by atoms with E-state index in [1.165, 1.54) is 6.07 Å². The van der Waals surface area contributed by atoms with Gasteiger partial charge in [-0.15, -0.1) is 0 Å². The Labute approximate surface area is 167 Å². The molecule has 0 fully saturated rings. The Balaban J connectivity index is 1.62. The van der Waals surface area contributed by atoms with E-state index in [1.807, 2.05) is 32.9 Å². The highest BCUT2D eigenvalue weighted by molar-refractivity contribution is 5.99. The topological polar surface area (TPSA) is 70.7 Å². The van der Waals surface area contributed by atoms with Crippen LogP contribution in [0.1, 0.15) is 31.9 Å². The van der Waals surface area contributed by atoms with Crippen LogP contribution in [0, 0.1) is 11.6 Å². The predicted octanol–water partition coefficient (Wildman–Crippen LogP) is 4.90. The molecule has 0 unspecified atom stereocenters. The molecule has 0 spiro atoms.